The summed E-state index contributed by atoms with van der Waals surface area (Å²) in [6.45, 7) is 7.61. The molecule has 2 atom stereocenters. The van der Waals surface area contributed by atoms with E-state index in [-0.39, 0.29) is 5.54 Å². The predicted molar refractivity (Wildman–Crippen MR) is 56.4 cm³/mol. The summed E-state index contributed by atoms with van der Waals surface area (Å²) in [6, 6.07) is 0. The maximum atomic E-state index is 10.6. The van der Waals surface area contributed by atoms with Crippen LogP contribution in [0, 0.1) is 0 Å². The number of carbonyl (C=O) groups excluding carboxylic acids is 1. The quantitative estimate of drug-likeness (QED) is 0.661. The first-order chi connectivity index (χ1) is 6.80. The fourth-order valence-electron chi connectivity index (χ4n) is 1.78. The molecule has 0 unspecified atom stereocenters. The molecule has 1 saturated heterocycles. The highest BCUT2D eigenvalue weighted by molar-refractivity contribution is 5.64. The van der Waals surface area contributed by atoms with Crippen LogP contribution in [0.2, 0.25) is 0 Å². The van der Waals surface area contributed by atoms with Crippen LogP contribution in [-0.2, 0) is 4.74 Å². The number of carbonyl (C=O) groups is 1. The molecule has 3 N–H and O–H groups in total. The molecule has 0 spiro atoms. The summed E-state index contributed by atoms with van der Waals surface area (Å²) in [6.07, 6.45) is -1.32. The first kappa shape index (κ1) is 12.3. The van der Waals surface area contributed by atoms with Crippen molar-refractivity contribution >= 4 is 6.09 Å². The van der Waals surface area contributed by atoms with Gasteiger partial charge in [-0.05, 0) is 27.2 Å². The van der Waals surface area contributed by atoms with E-state index in [2.05, 4.69) is 25.7 Å². The highest BCUT2D eigenvalue weighted by atomic mass is 16.6. The Morgan fingerprint density at radius 3 is 2.60 bits per heavy atom. The van der Waals surface area contributed by atoms with E-state index in [1.165, 1.54) is 0 Å². The number of nitrogens with zero attached hydrogens (tertiary/aromatic N) is 1. The second-order valence-electron chi connectivity index (χ2n) is 4.95. The lowest BCUT2D eigenvalue weighted by molar-refractivity contribution is -0.0644. The van der Waals surface area contributed by atoms with Gasteiger partial charge in [0.1, 0.15) is 6.10 Å². The molecule has 88 valence electrons. The molecule has 0 aromatic heterocycles. The number of aliphatic hydroxyl groups is 1. The van der Waals surface area contributed by atoms with Crippen LogP contribution in [0.15, 0.2) is 0 Å². The fraction of sp³-hybridized carbons (Fsp3) is 0.900. The van der Waals surface area contributed by atoms with Gasteiger partial charge in [0, 0.05) is 18.6 Å². The number of ether oxygens (including phenoxy) is 1. The van der Waals surface area contributed by atoms with Crippen molar-refractivity contribution in [1.29, 1.82) is 0 Å². The number of hydrogen-bond acceptors (Lipinski definition) is 4. The van der Waals surface area contributed by atoms with Gasteiger partial charge in [0.2, 0.25) is 0 Å². The van der Waals surface area contributed by atoms with Crippen molar-refractivity contribution < 1.29 is 14.6 Å². The van der Waals surface area contributed by atoms with Gasteiger partial charge in [0.15, 0.2) is 0 Å². The molecule has 1 rings (SSSR count). The van der Waals surface area contributed by atoms with Gasteiger partial charge in [0.05, 0.1) is 6.10 Å². The van der Waals surface area contributed by atoms with Crippen molar-refractivity contribution in [3.05, 3.63) is 0 Å². The monoisotopic (exact) mass is 216 g/mol. The van der Waals surface area contributed by atoms with E-state index < -0.39 is 18.3 Å². The Hall–Kier alpha value is -0.810. The second-order valence-corrected chi connectivity index (χ2v) is 4.95. The van der Waals surface area contributed by atoms with E-state index in [1.54, 1.807) is 0 Å². The Labute approximate surface area is 90.2 Å². The zero-order valence-electron chi connectivity index (χ0n) is 9.56. The van der Waals surface area contributed by atoms with Gasteiger partial charge in [-0.15, -0.1) is 0 Å². The van der Waals surface area contributed by atoms with E-state index >= 15 is 0 Å². The number of primary amides is 1. The van der Waals surface area contributed by atoms with Gasteiger partial charge < -0.3 is 15.6 Å². The normalized spacial score (nSPS) is 28.8. The van der Waals surface area contributed by atoms with Crippen LogP contribution in [0.25, 0.3) is 0 Å². The summed E-state index contributed by atoms with van der Waals surface area (Å²) >= 11 is 0. The third-order valence-electron chi connectivity index (χ3n) is 2.74. The van der Waals surface area contributed by atoms with Crippen molar-refractivity contribution in [2.75, 3.05) is 13.1 Å². The number of rotatable bonds is 1. The van der Waals surface area contributed by atoms with Crippen molar-refractivity contribution in [3.8, 4) is 0 Å². The molecule has 1 aliphatic rings. The first-order valence-electron chi connectivity index (χ1n) is 5.20. The zero-order valence-corrected chi connectivity index (χ0v) is 9.56. The van der Waals surface area contributed by atoms with E-state index in [0.717, 1.165) is 6.54 Å². The topological polar surface area (TPSA) is 75.8 Å². The Balaban J connectivity index is 2.60. The molecule has 0 saturated carbocycles. The third-order valence-corrected chi connectivity index (χ3v) is 2.74. The molecule has 1 fully saturated rings. The van der Waals surface area contributed by atoms with Gasteiger partial charge in [-0.2, -0.15) is 0 Å². The van der Waals surface area contributed by atoms with Crippen molar-refractivity contribution in [2.24, 2.45) is 5.73 Å². The van der Waals surface area contributed by atoms with Crippen molar-refractivity contribution in [2.45, 2.75) is 44.9 Å². The number of piperidine rings is 1. The van der Waals surface area contributed by atoms with E-state index in [0.29, 0.717) is 13.0 Å². The van der Waals surface area contributed by atoms with Gasteiger partial charge in [-0.3, -0.25) is 4.90 Å². The lowest BCUT2D eigenvalue weighted by atomic mass is 9.98. The van der Waals surface area contributed by atoms with Gasteiger partial charge in [0.25, 0.3) is 0 Å². The summed E-state index contributed by atoms with van der Waals surface area (Å²) in [5.41, 5.74) is 4.96. The third kappa shape index (κ3) is 3.35. The smallest absolute Gasteiger partial charge is 0.404 e. The summed E-state index contributed by atoms with van der Waals surface area (Å²) < 4.78 is 4.88. The summed E-state index contributed by atoms with van der Waals surface area (Å²) in [4.78, 5) is 12.8. The van der Waals surface area contributed by atoms with Crippen molar-refractivity contribution in [3.63, 3.8) is 0 Å². The SMILES string of the molecule is CC(C)(C)N1CC[C@@H](O)[C@H](OC(N)=O)C1. The largest absolute Gasteiger partial charge is 0.442 e. The van der Waals surface area contributed by atoms with Crippen LogP contribution in [0.1, 0.15) is 27.2 Å². The molecule has 1 heterocycles. The van der Waals surface area contributed by atoms with Crippen LogP contribution in [0.5, 0.6) is 0 Å². The van der Waals surface area contributed by atoms with Gasteiger partial charge in [-0.1, -0.05) is 0 Å². The van der Waals surface area contributed by atoms with Crippen molar-refractivity contribution in [1.82, 2.24) is 4.90 Å². The molecule has 0 aromatic carbocycles. The second kappa shape index (κ2) is 4.37. The fourth-order valence-corrected chi connectivity index (χ4v) is 1.78. The molecule has 15 heavy (non-hydrogen) atoms. The van der Waals surface area contributed by atoms with Crippen LogP contribution < -0.4 is 5.73 Å². The number of amides is 1. The highest BCUT2D eigenvalue weighted by Crippen LogP contribution is 2.21. The maximum absolute atomic E-state index is 10.6. The molecule has 5 nitrogen and oxygen atoms in total. The van der Waals surface area contributed by atoms with Crippen LogP contribution in [0.4, 0.5) is 4.79 Å². The molecule has 1 amide bonds. The molecule has 1 aliphatic heterocycles. The number of aliphatic hydroxyl groups excluding tert-OH is 1. The van der Waals surface area contributed by atoms with Gasteiger partial charge in [-0.25, -0.2) is 4.79 Å². The minimum absolute atomic E-state index is 0.0133. The minimum Gasteiger partial charge on any atom is -0.442 e. The van der Waals surface area contributed by atoms with Crippen LogP contribution in [-0.4, -0.2) is 46.9 Å². The van der Waals surface area contributed by atoms with E-state index in [9.17, 15) is 9.90 Å². The Morgan fingerprint density at radius 1 is 1.53 bits per heavy atom. The molecule has 0 aliphatic carbocycles. The average Bonchev–Trinajstić information content (AvgIpc) is 2.06. The van der Waals surface area contributed by atoms with E-state index in [1.807, 2.05) is 0 Å². The minimum atomic E-state index is -0.824. The molecule has 5 heteroatoms. The predicted octanol–water partition coefficient (Wildman–Crippen LogP) is 0.315. The van der Waals surface area contributed by atoms with Crippen LogP contribution >= 0.6 is 0 Å². The maximum Gasteiger partial charge on any atom is 0.404 e. The lowest BCUT2D eigenvalue weighted by Gasteiger charge is -2.42. The standard InChI is InChI=1S/C10H20N2O3/c1-10(2,3)12-5-4-7(13)8(6-12)15-9(11)14/h7-8,13H,4-6H2,1-3H3,(H2,11,14)/t7-,8-/m1/s1. The molecule has 0 bridgehead atoms. The number of nitrogens with two attached hydrogens (primary N) is 1. The van der Waals surface area contributed by atoms with E-state index in [4.69, 9.17) is 10.5 Å². The molecule has 0 aromatic rings. The zero-order chi connectivity index (χ0) is 11.6. The average molecular weight is 216 g/mol. The molecule has 0 radical (unpaired) electrons. The number of hydrogen-bond donors (Lipinski definition) is 2. The van der Waals surface area contributed by atoms with Gasteiger partial charge >= 0.3 is 6.09 Å². The lowest BCUT2D eigenvalue weighted by Crippen LogP contribution is -2.55. The summed E-state index contributed by atoms with van der Waals surface area (Å²) in [5.74, 6) is 0. The Kier molecular flexibility index (Phi) is 3.57. The summed E-state index contributed by atoms with van der Waals surface area (Å²) in [5, 5.41) is 9.64. The first-order valence-corrected chi connectivity index (χ1v) is 5.20. The Bertz CT molecular complexity index is 237. The Morgan fingerprint density at radius 2 is 2.13 bits per heavy atom. The molecular formula is C10H20N2O3. The van der Waals surface area contributed by atoms with Crippen LogP contribution in [0.3, 0.4) is 0 Å². The molecular weight excluding hydrogens is 196 g/mol. The highest BCUT2D eigenvalue weighted by Gasteiger charge is 2.34. The number of likely N-dealkylation sites (tertiary alicyclic amines) is 1. The summed E-state index contributed by atoms with van der Waals surface area (Å²) in [7, 11) is 0.